The number of rotatable bonds is 3. The Balaban J connectivity index is 1.79. The molecule has 0 N–H and O–H groups in total. The molecule has 0 bridgehead atoms. The number of methoxy groups -OCH3 is 1. The van der Waals surface area contributed by atoms with Crippen LogP contribution in [0.25, 0.3) is 27.7 Å². The first kappa shape index (κ1) is 15.3. The molecule has 0 aliphatic carbocycles. The lowest BCUT2D eigenvalue weighted by Gasteiger charge is -2.09. The van der Waals surface area contributed by atoms with Crippen molar-refractivity contribution < 1.29 is 4.74 Å². The predicted molar refractivity (Wildman–Crippen MR) is 105 cm³/mol. The van der Waals surface area contributed by atoms with Crippen molar-refractivity contribution in [3.8, 4) is 5.75 Å². The summed E-state index contributed by atoms with van der Waals surface area (Å²) in [5, 5.41) is 1.84. The molecule has 5 aromatic rings. The monoisotopic (exact) mass is 361 g/mol. The van der Waals surface area contributed by atoms with Gasteiger partial charge in [0.15, 0.2) is 0 Å². The lowest BCUT2D eigenvalue weighted by atomic mass is 10.2. The van der Waals surface area contributed by atoms with E-state index in [-0.39, 0.29) is 0 Å². The number of pyridine rings is 1. The highest BCUT2D eigenvalue weighted by molar-refractivity contribution is 6.30. The summed E-state index contributed by atoms with van der Waals surface area (Å²) < 4.78 is 9.63. The number of fused-ring (bicyclic) bond motifs is 5. The van der Waals surface area contributed by atoms with E-state index in [4.69, 9.17) is 21.3 Å². The van der Waals surface area contributed by atoms with Gasteiger partial charge in [-0.05, 0) is 35.9 Å². The van der Waals surface area contributed by atoms with E-state index in [0.29, 0.717) is 5.02 Å². The van der Waals surface area contributed by atoms with Gasteiger partial charge in [-0.2, -0.15) is 0 Å². The zero-order valence-electron chi connectivity index (χ0n) is 14.2. The van der Waals surface area contributed by atoms with Gasteiger partial charge < -0.3 is 9.30 Å². The molecule has 2 aromatic carbocycles. The van der Waals surface area contributed by atoms with E-state index in [1.807, 2.05) is 30.5 Å². The molecule has 0 fully saturated rings. The molecule has 0 radical (unpaired) electrons. The average Bonchev–Trinajstić information content (AvgIpc) is 3.18. The van der Waals surface area contributed by atoms with E-state index >= 15 is 0 Å². The van der Waals surface area contributed by atoms with E-state index in [0.717, 1.165) is 40.0 Å². The van der Waals surface area contributed by atoms with Crippen LogP contribution in [0.1, 0.15) is 5.56 Å². The van der Waals surface area contributed by atoms with Gasteiger partial charge in [0.1, 0.15) is 22.6 Å². The number of hydrogen-bond donors (Lipinski definition) is 0. The molecule has 3 heterocycles. The third-order valence-corrected chi connectivity index (χ3v) is 4.99. The van der Waals surface area contributed by atoms with E-state index < -0.39 is 0 Å². The van der Waals surface area contributed by atoms with Gasteiger partial charge in [-0.15, -0.1) is 0 Å². The second-order valence-corrected chi connectivity index (χ2v) is 6.75. The van der Waals surface area contributed by atoms with Gasteiger partial charge in [-0.3, -0.25) is 4.40 Å². The van der Waals surface area contributed by atoms with Crippen molar-refractivity contribution >= 4 is 39.3 Å². The standard InChI is InChI=1S/C21H16ClN3O/c1-26-16-9-6-14(7-10-16)12-24-18-5-3-2-4-17(18)20-21(24)25-13-15(22)8-11-19(25)23-20/h2-11,13H,12H2,1H3. The van der Waals surface area contributed by atoms with Crippen LogP contribution in [-0.4, -0.2) is 21.1 Å². The van der Waals surface area contributed by atoms with Crippen LogP contribution >= 0.6 is 11.6 Å². The number of ether oxygens (including phenoxy) is 1. The number of hydrogen-bond acceptors (Lipinski definition) is 2. The van der Waals surface area contributed by atoms with Crippen LogP contribution in [0.3, 0.4) is 0 Å². The zero-order valence-corrected chi connectivity index (χ0v) is 14.9. The highest BCUT2D eigenvalue weighted by atomic mass is 35.5. The Kier molecular flexibility index (Phi) is 3.40. The fraction of sp³-hybridized carbons (Fsp3) is 0.0952. The first-order chi connectivity index (χ1) is 12.7. The van der Waals surface area contributed by atoms with Crippen LogP contribution < -0.4 is 4.74 Å². The van der Waals surface area contributed by atoms with E-state index in [1.165, 1.54) is 5.56 Å². The second-order valence-electron chi connectivity index (χ2n) is 6.31. The summed E-state index contributed by atoms with van der Waals surface area (Å²) in [5.74, 6) is 0.859. The maximum absolute atomic E-state index is 6.25. The van der Waals surface area contributed by atoms with Crippen molar-refractivity contribution in [3.05, 3.63) is 77.4 Å². The lowest BCUT2D eigenvalue weighted by molar-refractivity contribution is 0.414. The molecule has 0 atom stereocenters. The van der Waals surface area contributed by atoms with Gasteiger partial charge in [0.2, 0.25) is 0 Å². The molecule has 0 saturated carbocycles. The summed E-state index contributed by atoms with van der Waals surface area (Å²) in [6.45, 7) is 0.744. The van der Waals surface area contributed by atoms with E-state index in [2.05, 4.69) is 45.4 Å². The summed E-state index contributed by atoms with van der Waals surface area (Å²) in [6, 6.07) is 20.4. The normalized spacial score (nSPS) is 11.6. The van der Waals surface area contributed by atoms with Crippen molar-refractivity contribution in [1.29, 1.82) is 0 Å². The molecule has 5 rings (SSSR count). The van der Waals surface area contributed by atoms with Gasteiger partial charge in [0.05, 0.1) is 17.6 Å². The fourth-order valence-electron chi connectivity index (χ4n) is 3.54. The van der Waals surface area contributed by atoms with E-state index in [1.54, 1.807) is 7.11 Å². The topological polar surface area (TPSA) is 31.5 Å². The highest BCUT2D eigenvalue weighted by Crippen LogP contribution is 2.31. The molecule has 0 unspecified atom stereocenters. The molecule has 0 amide bonds. The first-order valence-electron chi connectivity index (χ1n) is 8.42. The molecule has 0 spiro atoms. The van der Waals surface area contributed by atoms with Gasteiger partial charge in [0, 0.05) is 18.1 Å². The predicted octanol–water partition coefficient (Wildman–Crippen LogP) is 5.15. The summed E-state index contributed by atoms with van der Waals surface area (Å²) in [5.41, 5.74) is 5.31. The SMILES string of the molecule is COc1ccc(Cn2c3ccccc3c3nc4ccc(Cl)cn4c32)cc1. The Morgan fingerprint density at radius 1 is 1.00 bits per heavy atom. The van der Waals surface area contributed by atoms with Crippen LogP contribution in [0, 0.1) is 0 Å². The van der Waals surface area contributed by atoms with E-state index in [9.17, 15) is 0 Å². The van der Waals surface area contributed by atoms with Crippen molar-refractivity contribution in [3.63, 3.8) is 0 Å². The van der Waals surface area contributed by atoms with Crippen molar-refractivity contribution in [2.75, 3.05) is 7.11 Å². The van der Waals surface area contributed by atoms with Crippen LogP contribution in [0.4, 0.5) is 0 Å². The van der Waals surface area contributed by atoms with Crippen molar-refractivity contribution in [1.82, 2.24) is 14.0 Å². The molecule has 4 nitrogen and oxygen atoms in total. The van der Waals surface area contributed by atoms with Crippen LogP contribution in [-0.2, 0) is 6.54 Å². The van der Waals surface area contributed by atoms with Gasteiger partial charge in [0.25, 0.3) is 0 Å². The number of halogens is 1. The Morgan fingerprint density at radius 2 is 1.81 bits per heavy atom. The Bertz CT molecular complexity index is 1250. The minimum absolute atomic E-state index is 0.693. The molecule has 0 saturated heterocycles. The van der Waals surface area contributed by atoms with Crippen LogP contribution in [0.15, 0.2) is 66.9 Å². The summed E-state index contributed by atoms with van der Waals surface area (Å²) >= 11 is 6.25. The van der Waals surface area contributed by atoms with Crippen molar-refractivity contribution in [2.24, 2.45) is 0 Å². The number of nitrogens with zero attached hydrogens (tertiary/aromatic N) is 3. The molecule has 26 heavy (non-hydrogen) atoms. The maximum Gasteiger partial charge on any atom is 0.146 e. The molecule has 128 valence electrons. The third-order valence-electron chi connectivity index (χ3n) is 4.76. The molecule has 0 aliphatic heterocycles. The molecule has 0 aliphatic rings. The smallest absolute Gasteiger partial charge is 0.146 e. The molecular formula is C21H16ClN3O. The maximum atomic E-state index is 6.25. The summed E-state index contributed by atoms with van der Waals surface area (Å²) in [6.07, 6.45) is 1.93. The zero-order chi connectivity index (χ0) is 17.7. The van der Waals surface area contributed by atoms with Crippen molar-refractivity contribution in [2.45, 2.75) is 6.54 Å². The average molecular weight is 362 g/mol. The lowest BCUT2D eigenvalue weighted by Crippen LogP contribution is -2.02. The third kappa shape index (κ3) is 2.26. The minimum atomic E-state index is 0.693. The van der Waals surface area contributed by atoms with Gasteiger partial charge >= 0.3 is 0 Å². The summed E-state index contributed by atoms with van der Waals surface area (Å²) in [7, 11) is 1.68. The Hall–Kier alpha value is -2.98. The molecular weight excluding hydrogens is 346 g/mol. The quantitative estimate of drug-likeness (QED) is 0.445. The molecule has 3 aromatic heterocycles. The number of imidazole rings is 1. The van der Waals surface area contributed by atoms with Gasteiger partial charge in [-0.25, -0.2) is 4.98 Å². The van der Waals surface area contributed by atoms with Crippen LogP contribution in [0.2, 0.25) is 5.02 Å². The molecule has 5 heteroatoms. The van der Waals surface area contributed by atoms with Gasteiger partial charge in [-0.1, -0.05) is 41.9 Å². The Labute approximate surface area is 155 Å². The number of aromatic nitrogens is 3. The number of benzene rings is 2. The fourth-order valence-corrected chi connectivity index (χ4v) is 3.70. The largest absolute Gasteiger partial charge is 0.497 e. The minimum Gasteiger partial charge on any atom is -0.497 e. The number of para-hydroxylation sites is 1. The first-order valence-corrected chi connectivity index (χ1v) is 8.80. The highest BCUT2D eigenvalue weighted by Gasteiger charge is 2.16. The summed E-state index contributed by atoms with van der Waals surface area (Å²) in [4.78, 5) is 4.84. The van der Waals surface area contributed by atoms with Crippen LogP contribution in [0.5, 0.6) is 5.75 Å². The Morgan fingerprint density at radius 3 is 2.62 bits per heavy atom. The second kappa shape index (κ2) is 5.78.